The van der Waals surface area contributed by atoms with Crippen LogP contribution in [-0.2, 0) is 14.3 Å². The maximum Gasteiger partial charge on any atom is 0.410 e. The van der Waals surface area contributed by atoms with Crippen molar-refractivity contribution in [3.63, 3.8) is 0 Å². The van der Waals surface area contributed by atoms with Gasteiger partial charge in [0.15, 0.2) is 0 Å². The van der Waals surface area contributed by atoms with Crippen molar-refractivity contribution in [2.24, 2.45) is 11.8 Å². The molecule has 3 heterocycles. The first-order valence-electron chi connectivity index (χ1n) is 11.0. The average molecular weight is 409 g/mol. The van der Waals surface area contributed by atoms with E-state index in [9.17, 15) is 14.4 Å². The van der Waals surface area contributed by atoms with Crippen molar-refractivity contribution in [1.82, 2.24) is 20.0 Å². The topological polar surface area (TPSA) is 82.2 Å². The summed E-state index contributed by atoms with van der Waals surface area (Å²) < 4.78 is 5.43. The number of carbonyl (C=O) groups excluding carboxylic acids is 3. The first-order chi connectivity index (χ1) is 13.7. The second-order valence-electron chi connectivity index (χ2n) is 9.42. The normalized spacial score (nSPS) is 22.5. The third-order valence-electron chi connectivity index (χ3n) is 6.08. The molecule has 3 rings (SSSR count). The minimum atomic E-state index is -0.504. The maximum atomic E-state index is 12.9. The largest absolute Gasteiger partial charge is 0.444 e. The van der Waals surface area contributed by atoms with Gasteiger partial charge in [0.25, 0.3) is 0 Å². The van der Waals surface area contributed by atoms with Gasteiger partial charge in [-0.25, -0.2) is 4.79 Å². The monoisotopic (exact) mass is 408 g/mol. The summed E-state index contributed by atoms with van der Waals surface area (Å²) in [4.78, 5) is 43.4. The van der Waals surface area contributed by atoms with E-state index in [0.717, 1.165) is 39.0 Å². The van der Waals surface area contributed by atoms with E-state index in [4.69, 9.17) is 4.74 Å². The molecule has 0 radical (unpaired) electrons. The van der Waals surface area contributed by atoms with Gasteiger partial charge in [0.2, 0.25) is 11.8 Å². The zero-order valence-corrected chi connectivity index (χ0v) is 18.1. The number of hydrogen-bond donors (Lipinski definition) is 1. The Hall–Kier alpha value is -1.83. The van der Waals surface area contributed by atoms with Gasteiger partial charge in [0, 0.05) is 64.2 Å². The molecule has 0 bridgehead atoms. The summed E-state index contributed by atoms with van der Waals surface area (Å²) in [6.07, 6.45) is 2.57. The molecule has 0 saturated carbocycles. The van der Waals surface area contributed by atoms with E-state index in [1.54, 1.807) is 4.90 Å². The van der Waals surface area contributed by atoms with E-state index >= 15 is 0 Å². The van der Waals surface area contributed by atoms with Crippen LogP contribution in [0.1, 0.15) is 46.5 Å². The first kappa shape index (κ1) is 21.9. The van der Waals surface area contributed by atoms with E-state index in [1.807, 2.05) is 30.6 Å². The molecule has 8 heteroatoms. The van der Waals surface area contributed by atoms with E-state index < -0.39 is 5.60 Å². The van der Waals surface area contributed by atoms with Gasteiger partial charge in [-0.15, -0.1) is 0 Å². The molecule has 1 N–H and O–H groups in total. The van der Waals surface area contributed by atoms with Crippen molar-refractivity contribution in [2.45, 2.75) is 52.1 Å². The molecule has 3 amide bonds. The Labute approximate surface area is 173 Å². The fraction of sp³-hybridized carbons (Fsp3) is 0.857. The van der Waals surface area contributed by atoms with Gasteiger partial charge in [-0.05, 0) is 46.5 Å². The van der Waals surface area contributed by atoms with Crippen LogP contribution < -0.4 is 5.32 Å². The lowest BCUT2D eigenvalue weighted by Crippen LogP contribution is -2.51. The molecule has 3 fully saturated rings. The summed E-state index contributed by atoms with van der Waals surface area (Å²) in [6.45, 7) is 11.3. The second kappa shape index (κ2) is 9.32. The van der Waals surface area contributed by atoms with Gasteiger partial charge in [0.05, 0.1) is 0 Å². The van der Waals surface area contributed by atoms with Crippen molar-refractivity contribution in [2.75, 3.05) is 52.4 Å². The van der Waals surface area contributed by atoms with Crippen LogP contribution in [0.25, 0.3) is 0 Å². The molecule has 0 aromatic rings. The molecule has 0 spiro atoms. The Bertz CT molecular complexity index is 596. The van der Waals surface area contributed by atoms with Crippen LogP contribution in [0.4, 0.5) is 4.79 Å². The van der Waals surface area contributed by atoms with Crippen LogP contribution in [0.3, 0.4) is 0 Å². The minimum absolute atomic E-state index is 0.0332. The number of nitrogens with zero attached hydrogens (tertiary/aromatic N) is 3. The fourth-order valence-electron chi connectivity index (χ4n) is 4.38. The summed E-state index contributed by atoms with van der Waals surface area (Å²) >= 11 is 0. The molecule has 3 aliphatic heterocycles. The molecule has 164 valence electrons. The van der Waals surface area contributed by atoms with E-state index in [1.165, 1.54) is 0 Å². The standard InChI is InChI=1S/C21H36N4O4/c1-21(2,3)29-20(28)25-12-6-17(7-13-25)18(26)23-10-4-16(5-11-23)19(27)24-14-8-22-9-15-24/h16-17,22H,4-15H2,1-3H3. The van der Waals surface area contributed by atoms with Crippen molar-refractivity contribution in [3.8, 4) is 0 Å². The minimum Gasteiger partial charge on any atom is -0.444 e. The third-order valence-corrected chi connectivity index (χ3v) is 6.08. The fourth-order valence-corrected chi connectivity index (χ4v) is 4.38. The van der Waals surface area contributed by atoms with Gasteiger partial charge in [-0.1, -0.05) is 0 Å². The Balaban J connectivity index is 1.42. The van der Waals surface area contributed by atoms with Crippen molar-refractivity contribution in [3.05, 3.63) is 0 Å². The summed E-state index contributed by atoms with van der Waals surface area (Å²) in [6, 6.07) is 0. The maximum absolute atomic E-state index is 12.9. The molecule has 0 unspecified atom stereocenters. The summed E-state index contributed by atoms with van der Waals surface area (Å²) in [7, 11) is 0. The number of amides is 3. The number of ether oxygens (including phenoxy) is 1. The van der Waals surface area contributed by atoms with Crippen LogP contribution in [0.5, 0.6) is 0 Å². The van der Waals surface area contributed by atoms with Gasteiger partial charge in [0.1, 0.15) is 5.60 Å². The average Bonchev–Trinajstić information content (AvgIpc) is 2.72. The number of hydrogen-bond acceptors (Lipinski definition) is 5. The molecule has 8 nitrogen and oxygen atoms in total. The van der Waals surface area contributed by atoms with Crippen molar-refractivity contribution in [1.29, 1.82) is 0 Å². The molecular formula is C21H36N4O4. The summed E-state index contributed by atoms with van der Waals surface area (Å²) in [5.41, 5.74) is -0.504. The van der Waals surface area contributed by atoms with Gasteiger partial charge < -0.3 is 24.8 Å². The lowest BCUT2D eigenvalue weighted by Gasteiger charge is -2.38. The quantitative estimate of drug-likeness (QED) is 0.745. The molecule has 3 saturated heterocycles. The highest BCUT2D eigenvalue weighted by Gasteiger charge is 2.35. The van der Waals surface area contributed by atoms with E-state index in [2.05, 4.69) is 5.32 Å². The Morgan fingerprint density at radius 1 is 0.724 bits per heavy atom. The van der Waals surface area contributed by atoms with Crippen LogP contribution in [-0.4, -0.2) is 90.6 Å². The Morgan fingerprint density at radius 2 is 1.14 bits per heavy atom. The predicted molar refractivity (Wildman–Crippen MR) is 109 cm³/mol. The molecule has 3 aliphatic rings. The highest BCUT2D eigenvalue weighted by Crippen LogP contribution is 2.25. The predicted octanol–water partition coefficient (Wildman–Crippen LogP) is 1.30. The van der Waals surface area contributed by atoms with Gasteiger partial charge >= 0.3 is 6.09 Å². The number of piperidine rings is 2. The van der Waals surface area contributed by atoms with Crippen LogP contribution >= 0.6 is 0 Å². The molecule has 0 aliphatic carbocycles. The number of carbonyl (C=O) groups is 3. The molecule has 0 aromatic carbocycles. The molecule has 0 atom stereocenters. The summed E-state index contributed by atoms with van der Waals surface area (Å²) in [5, 5.41) is 3.27. The highest BCUT2D eigenvalue weighted by molar-refractivity contribution is 5.81. The highest BCUT2D eigenvalue weighted by atomic mass is 16.6. The van der Waals surface area contributed by atoms with Crippen LogP contribution in [0.2, 0.25) is 0 Å². The second-order valence-corrected chi connectivity index (χ2v) is 9.42. The number of likely N-dealkylation sites (tertiary alicyclic amines) is 2. The first-order valence-corrected chi connectivity index (χ1v) is 11.0. The molecule has 29 heavy (non-hydrogen) atoms. The third kappa shape index (κ3) is 5.84. The van der Waals surface area contributed by atoms with Gasteiger partial charge in [-0.2, -0.15) is 0 Å². The Kier molecular flexibility index (Phi) is 7.03. The van der Waals surface area contributed by atoms with Gasteiger partial charge in [-0.3, -0.25) is 9.59 Å². The molecular weight excluding hydrogens is 372 g/mol. The smallest absolute Gasteiger partial charge is 0.410 e. The zero-order chi connectivity index (χ0) is 21.0. The van der Waals surface area contributed by atoms with Crippen molar-refractivity contribution < 1.29 is 19.1 Å². The number of nitrogens with one attached hydrogen (secondary N) is 1. The van der Waals surface area contributed by atoms with Crippen LogP contribution in [0, 0.1) is 11.8 Å². The van der Waals surface area contributed by atoms with Crippen molar-refractivity contribution >= 4 is 17.9 Å². The SMILES string of the molecule is CC(C)(C)OC(=O)N1CCC(C(=O)N2CCC(C(=O)N3CCNCC3)CC2)CC1. The zero-order valence-electron chi connectivity index (χ0n) is 18.1. The summed E-state index contributed by atoms with van der Waals surface area (Å²) in [5.74, 6) is 0.450. The lowest BCUT2D eigenvalue weighted by molar-refractivity contribution is -0.143. The number of piperazine rings is 1. The van der Waals surface area contributed by atoms with E-state index in [-0.39, 0.29) is 29.7 Å². The lowest BCUT2D eigenvalue weighted by atomic mass is 9.91. The van der Waals surface area contributed by atoms with E-state index in [0.29, 0.717) is 39.0 Å². The Morgan fingerprint density at radius 3 is 1.59 bits per heavy atom. The number of rotatable bonds is 2. The van der Waals surface area contributed by atoms with Crippen LogP contribution in [0.15, 0.2) is 0 Å². The molecule has 0 aromatic heterocycles.